The number of halogens is 12. The van der Waals surface area contributed by atoms with Gasteiger partial charge in [0.2, 0.25) is 12.7 Å². The van der Waals surface area contributed by atoms with E-state index < -0.39 is 38.2 Å². The number of imidazole rings is 2. The summed E-state index contributed by atoms with van der Waals surface area (Å²) in [5.74, 6) is 0. The molecule has 4 heterocycles. The van der Waals surface area contributed by atoms with Crippen LogP contribution in [0.25, 0.3) is 87.0 Å². The molecular formula is C55H49B3F12N4O6P2Pd+. The van der Waals surface area contributed by atoms with E-state index >= 15 is 0 Å². The molecule has 0 saturated carbocycles. The molecule has 0 aliphatic carbocycles. The van der Waals surface area contributed by atoms with Gasteiger partial charge in [-0.1, -0.05) is 121 Å². The Balaban J connectivity index is 0.000000205. The minimum Gasteiger partial charge on any atom is -0.418 e. The Hall–Kier alpha value is -7.04. The topological polar surface area (TPSA) is 88.6 Å². The van der Waals surface area contributed by atoms with Gasteiger partial charge in [-0.15, -0.1) is 0 Å². The molecule has 0 saturated heterocycles. The van der Waals surface area contributed by atoms with Crippen LogP contribution in [0.3, 0.4) is 0 Å². The van der Waals surface area contributed by atoms with Crippen molar-refractivity contribution in [2.75, 3.05) is 13.2 Å². The Morgan fingerprint density at radius 2 is 0.651 bits per heavy atom. The molecule has 0 atom stereocenters. The number of aromatic nitrogens is 4. The zero-order valence-corrected chi connectivity index (χ0v) is 47.2. The molecule has 0 fully saturated rings. The van der Waals surface area contributed by atoms with Gasteiger partial charge in [0.15, 0.2) is 0 Å². The number of nitrogens with zero attached hydrogens (tertiary/aromatic N) is 4. The van der Waals surface area contributed by atoms with Crippen molar-refractivity contribution >= 4 is 125 Å². The molecule has 83 heavy (non-hydrogen) atoms. The first-order chi connectivity index (χ1) is 38.9. The molecule has 0 unspecified atom stereocenters. The third kappa shape index (κ3) is 19.5. The zero-order valence-electron chi connectivity index (χ0n) is 43.9. The number of hydrogen-bond acceptors (Lipinski definition) is 6. The van der Waals surface area contributed by atoms with Gasteiger partial charge in [0.1, 0.15) is 73.4 Å². The van der Waals surface area contributed by atoms with Gasteiger partial charge in [-0.25, -0.2) is 18.3 Å². The summed E-state index contributed by atoms with van der Waals surface area (Å²) in [7, 11) is -17.2. The average Bonchev–Trinajstić information content (AvgIpc) is 3.00. The third-order valence-electron chi connectivity index (χ3n) is 11.5. The summed E-state index contributed by atoms with van der Waals surface area (Å²) in [5.41, 5.74) is 3.16. The van der Waals surface area contributed by atoms with Crippen LogP contribution in [-0.2, 0) is 47.6 Å². The fraction of sp³-hybridized carbons (Fsp3) is 0.109. The molecule has 0 N–H and O–H groups in total. The molecule has 0 amide bonds. The molecule has 3 radical (unpaired) electrons. The summed E-state index contributed by atoms with van der Waals surface area (Å²) >= 11 is 0. The number of aryl methyl sites for hydroxylation is 2. The van der Waals surface area contributed by atoms with Crippen LogP contribution in [0, 0.1) is 20.3 Å². The van der Waals surface area contributed by atoms with E-state index in [1.807, 2.05) is 84.9 Å². The van der Waals surface area contributed by atoms with Crippen molar-refractivity contribution in [3.8, 4) is 0 Å². The van der Waals surface area contributed by atoms with E-state index in [1.54, 1.807) is 0 Å². The minimum atomic E-state index is -6.00. The fourth-order valence-corrected chi connectivity index (χ4v) is 10.5. The Labute approximate surface area is 483 Å². The summed E-state index contributed by atoms with van der Waals surface area (Å²) < 4.78 is 163. The van der Waals surface area contributed by atoms with Crippen molar-refractivity contribution in [3.05, 3.63) is 203 Å². The second kappa shape index (κ2) is 29.5. The summed E-state index contributed by atoms with van der Waals surface area (Å²) in [5, 5.41) is 13.5. The van der Waals surface area contributed by atoms with Crippen LogP contribution in [0.15, 0.2) is 200 Å². The van der Waals surface area contributed by atoms with Gasteiger partial charge in [0.05, 0.1) is 14.1 Å². The zero-order chi connectivity index (χ0) is 59.2. The monoisotopic (exact) mass is 1290 g/mol. The van der Waals surface area contributed by atoms with E-state index in [-0.39, 0.29) is 20.4 Å². The Kier molecular flexibility index (Phi) is 23.1. The van der Waals surface area contributed by atoms with Crippen LogP contribution in [0.5, 0.6) is 0 Å². The summed E-state index contributed by atoms with van der Waals surface area (Å²) in [4.78, 5) is 0. The summed E-state index contributed by atoms with van der Waals surface area (Å²) in [6.07, 6.45) is 13.6. The Bertz CT molecular complexity index is 3680. The van der Waals surface area contributed by atoms with Crippen molar-refractivity contribution in [3.63, 3.8) is 0 Å². The third-order valence-corrected chi connectivity index (χ3v) is 13.7. The van der Waals surface area contributed by atoms with Crippen LogP contribution in [0.1, 0.15) is 0 Å². The summed E-state index contributed by atoms with van der Waals surface area (Å²) in [6, 6.07) is 50.1. The van der Waals surface area contributed by atoms with Gasteiger partial charge < -0.3 is 68.6 Å². The smallest absolute Gasteiger partial charge is 0.418 e. The minimum absolute atomic E-state index is 0. The molecule has 0 aliphatic rings. The molecule has 0 aliphatic heterocycles. The quantitative estimate of drug-likeness (QED) is 0.0856. The molecule has 4 aromatic heterocycles. The Morgan fingerprint density at radius 1 is 0.422 bits per heavy atom. The molecule has 0 spiro atoms. The number of hydrogen-bond donors (Lipinski definition) is 0. The van der Waals surface area contributed by atoms with Crippen LogP contribution >= 0.6 is 16.5 Å². The number of benzene rings is 8. The maximum absolute atomic E-state index is 9.75. The fourth-order valence-electron chi connectivity index (χ4n) is 8.52. The first-order valence-corrected chi connectivity index (χ1v) is 26.8. The molecule has 28 heteroatoms. The van der Waals surface area contributed by atoms with Crippen LogP contribution in [0.4, 0.5) is 51.8 Å². The second-order valence-corrected chi connectivity index (χ2v) is 19.7. The second-order valence-electron chi connectivity index (χ2n) is 17.5. The van der Waals surface area contributed by atoms with E-state index in [2.05, 4.69) is 144 Å². The number of fused-ring (bicyclic) bond motifs is 14. The largest absolute Gasteiger partial charge is 2.00 e. The summed E-state index contributed by atoms with van der Waals surface area (Å²) in [6.45, 7) is 8.93. The van der Waals surface area contributed by atoms with E-state index in [1.165, 1.54) is 28.0 Å². The van der Waals surface area contributed by atoms with Crippen LogP contribution in [-0.4, -0.2) is 44.1 Å². The average molecular weight is 1290 g/mol. The van der Waals surface area contributed by atoms with Gasteiger partial charge in [-0.05, 0) is 87.6 Å². The van der Waals surface area contributed by atoms with Gasteiger partial charge in [-0.2, -0.15) is 0 Å². The maximum atomic E-state index is 9.75. The van der Waals surface area contributed by atoms with Gasteiger partial charge in [-0.3, -0.25) is 9.05 Å². The van der Waals surface area contributed by atoms with E-state index in [9.17, 15) is 51.8 Å². The maximum Gasteiger partial charge on any atom is 2.00 e. The van der Waals surface area contributed by atoms with Gasteiger partial charge in [0, 0.05) is 21.5 Å². The standard InChI is InChI=1S/2C26H22N2O3P.C3H5.3BF4.Pd/c2*1-27-14-15-28(18-27)16-17-29-32-30-23-12-10-19-6-2-4-8-21(19)25(23)26-22-9-5-3-7-20(22)11-13-24(26)31-32;1-3-2;3*2-1(3,4)5;/h2*2-15,18H,16-17H2,1H3;3H,1-2H2;;;;/q2*+1;;3*-1;+2. The molecule has 12 rings (SSSR count). The molecule has 0 bridgehead atoms. The first kappa shape index (κ1) is 65.1. The number of rotatable bonds is 8. The van der Waals surface area contributed by atoms with Crippen molar-refractivity contribution < 1.29 is 107 Å². The Morgan fingerprint density at radius 3 is 0.867 bits per heavy atom. The predicted molar refractivity (Wildman–Crippen MR) is 302 cm³/mol. The van der Waals surface area contributed by atoms with Crippen molar-refractivity contribution in [1.82, 2.24) is 9.13 Å². The van der Waals surface area contributed by atoms with Crippen molar-refractivity contribution in [2.24, 2.45) is 14.1 Å². The van der Waals surface area contributed by atoms with E-state index in [0.29, 0.717) is 13.2 Å². The van der Waals surface area contributed by atoms with Gasteiger partial charge in [0.25, 0.3) is 0 Å². The first-order valence-electron chi connectivity index (χ1n) is 24.6. The van der Waals surface area contributed by atoms with Crippen molar-refractivity contribution in [2.45, 2.75) is 13.1 Å². The van der Waals surface area contributed by atoms with E-state index in [4.69, 9.17) is 25.8 Å². The van der Waals surface area contributed by atoms with Crippen LogP contribution in [0.2, 0.25) is 0 Å². The van der Waals surface area contributed by atoms with Crippen LogP contribution < -0.4 is 18.2 Å². The molecule has 437 valence electrons. The molecule has 10 nitrogen and oxygen atoms in total. The predicted octanol–water partition coefficient (Wildman–Crippen LogP) is 17.5. The van der Waals surface area contributed by atoms with Crippen molar-refractivity contribution in [1.29, 1.82) is 0 Å². The van der Waals surface area contributed by atoms with Gasteiger partial charge >= 0.3 is 58.7 Å². The normalized spacial score (nSPS) is 11.4. The molecular weight excluding hydrogens is 1240 g/mol. The molecule has 12 aromatic rings. The van der Waals surface area contributed by atoms with E-state index in [0.717, 1.165) is 78.5 Å². The SMILES string of the molecule is C[n+]1ccn(CCOp2oc3ccc4ccccc4c3c3c(ccc4ccccc43)o2)c1.C[n+]1ccn(CCOp2oc3ccc4ccccc4c3c3c(ccc4ccccc43)o2)c1.F[B-](F)(F)F.F[B-](F)(F)F.F[B-](F)(F)F.[CH2][CH][CH2].[Pd+2]. The molecule has 8 aromatic carbocycles.